The summed E-state index contributed by atoms with van der Waals surface area (Å²) in [5, 5.41) is 8.16. The number of nitrogens with one attached hydrogen (secondary N) is 2. The molecule has 5 nitrogen and oxygen atoms in total. The van der Waals surface area contributed by atoms with E-state index >= 15 is 0 Å². The fourth-order valence-electron chi connectivity index (χ4n) is 3.87. The molecule has 1 heterocycles. The van der Waals surface area contributed by atoms with Crippen LogP contribution in [0.3, 0.4) is 0 Å². The number of para-hydroxylation sites is 1. The zero-order chi connectivity index (χ0) is 20.8. The molecular weight excluding hydrogens is 376 g/mol. The van der Waals surface area contributed by atoms with E-state index in [1.54, 1.807) is 18.2 Å². The number of hydrogen-bond acceptors (Lipinski definition) is 3. The lowest BCUT2D eigenvalue weighted by molar-refractivity contribution is -0.116. The van der Waals surface area contributed by atoms with Gasteiger partial charge in [0.15, 0.2) is 0 Å². The summed E-state index contributed by atoms with van der Waals surface area (Å²) in [6.07, 6.45) is 3.06. The Bertz CT molecular complexity index is 1040. The molecule has 0 saturated carbocycles. The second-order valence-corrected chi connectivity index (χ2v) is 7.58. The quantitative estimate of drug-likeness (QED) is 0.618. The Balaban J connectivity index is 1.37. The highest BCUT2D eigenvalue weighted by Gasteiger charge is 2.18. The first-order valence-corrected chi connectivity index (χ1v) is 10.5. The third-order valence-corrected chi connectivity index (χ3v) is 5.46. The number of benzene rings is 3. The highest BCUT2D eigenvalue weighted by Crippen LogP contribution is 2.21. The molecule has 0 aliphatic carbocycles. The summed E-state index contributed by atoms with van der Waals surface area (Å²) in [4.78, 5) is 25.2. The molecule has 1 fully saturated rings. The van der Waals surface area contributed by atoms with Gasteiger partial charge in [0.1, 0.15) is 0 Å². The van der Waals surface area contributed by atoms with Crippen LogP contribution in [0.15, 0.2) is 66.7 Å². The molecule has 3 aromatic rings. The SMILES string of the molecule is O=C(CCc1cccc2ccccc12)Nc1ccccc1C(=O)NC[C@H]1CCCO1. The molecular formula is C25H26N2O3. The van der Waals surface area contributed by atoms with Gasteiger partial charge >= 0.3 is 0 Å². The van der Waals surface area contributed by atoms with Crippen molar-refractivity contribution in [3.8, 4) is 0 Å². The van der Waals surface area contributed by atoms with Crippen LogP contribution in [-0.4, -0.2) is 31.1 Å². The summed E-state index contributed by atoms with van der Waals surface area (Å²) in [5.74, 6) is -0.308. The van der Waals surface area contributed by atoms with Gasteiger partial charge < -0.3 is 15.4 Å². The summed E-state index contributed by atoms with van der Waals surface area (Å²) >= 11 is 0. The maximum absolute atomic E-state index is 12.6. The molecule has 0 aromatic heterocycles. The summed E-state index contributed by atoms with van der Waals surface area (Å²) in [6, 6.07) is 21.4. The molecule has 0 unspecified atom stereocenters. The minimum absolute atomic E-state index is 0.0800. The predicted molar refractivity (Wildman–Crippen MR) is 119 cm³/mol. The van der Waals surface area contributed by atoms with Gasteiger partial charge in [-0.3, -0.25) is 9.59 Å². The average Bonchev–Trinajstić information content (AvgIpc) is 3.30. The van der Waals surface area contributed by atoms with E-state index in [1.165, 1.54) is 10.8 Å². The number of aryl methyl sites for hydroxylation is 1. The normalized spacial score (nSPS) is 15.8. The molecule has 1 atom stereocenters. The lowest BCUT2D eigenvalue weighted by atomic mass is 10.0. The van der Waals surface area contributed by atoms with Crippen molar-refractivity contribution < 1.29 is 14.3 Å². The molecule has 3 aromatic carbocycles. The molecule has 154 valence electrons. The maximum Gasteiger partial charge on any atom is 0.253 e. The van der Waals surface area contributed by atoms with Gasteiger partial charge in [-0.15, -0.1) is 0 Å². The molecule has 2 N–H and O–H groups in total. The molecule has 4 rings (SSSR count). The molecule has 5 heteroatoms. The third-order valence-electron chi connectivity index (χ3n) is 5.46. The Kier molecular flexibility index (Phi) is 6.40. The number of rotatable bonds is 7. The van der Waals surface area contributed by atoms with Gasteiger partial charge in [0.25, 0.3) is 5.91 Å². The van der Waals surface area contributed by atoms with Crippen molar-refractivity contribution in [2.45, 2.75) is 31.8 Å². The molecule has 30 heavy (non-hydrogen) atoms. The van der Waals surface area contributed by atoms with Crippen molar-refractivity contribution >= 4 is 28.3 Å². The molecule has 1 saturated heterocycles. The van der Waals surface area contributed by atoms with E-state index in [-0.39, 0.29) is 17.9 Å². The second-order valence-electron chi connectivity index (χ2n) is 7.58. The predicted octanol–water partition coefficient (Wildman–Crippen LogP) is 4.32. The van der Waals surface area contributed by atoms with Crippen molar-refractivity contribution in [1.29, 1.82) is 0 Å². The Morgan fingerprint density at radius 1 is 0.967 bits per heavy atom. The largest absolute Gasteiger partial charge is 0.376 e. The first-order chi connectivity index (χ1) is 14.7. The lowest BCUT2D eigenvalue weighted by Crippen LogP contribution is -2.32. The second kappa shape index (κ2) is 9.55. The molecule has 0 spiro atoms. The standard InChI is InChI=1S/C25H26N2O3/c28-24(15-14-19-9-5-8-18-7-1-2-11-21(18)19)27-23-13-4-3-12-22(23)25(29)26-17-20-10-6-16-30-20/h1-5,7-9,11-13,20H,6,10,14-17H2,(H,26,29)(H,27,28)/t20-/m1/s1. The summed E-state index contributed by atoms with van der Waals surface area (Å²) in [7, 11) is 0. The first kappa shape index (κ1) is 20.1. The van der Waals surface area contributed by atoms with Gasteiger partial charge in [0.2, 0.25) is 5.91 Å². The van der Waals surface area contributed by atoms with Crippen molar-refractivity contribution in [2.24, 2.45) is 0 Å². The summed E-state index contributed by atoms with van der Waals surface area (Å²) < 4.78 is 5.55. The number of hydrogen-bond donors (Lipinski definition) is 2. The van der Waals surface area contributed by atoms with Crippen molar-refractivity contribution in [3.05, 3.63) is 77.9 Å². The molecule has 1 aliphatic rings. The van der Waals surface area contributed by atoms with Gasteiger partial charge in [-0.2, -0.15) is 0 Å². The van der Waals surface area contributed by atoms with Crippen LogP contribution >= 0.6 is 0 Å². The maximum atomic E-state index is 12.6. The van der Waals surface area contributed by atoms with Gasteiger partial charge in [0.05, 0.1) is 17.4 Å². The van der Waals surface area contributed by atoms with Crippen LogP contribution in [0.1, 0.15) is 35.2 Å². The van der Waals surface area contributed by atoms with Crippen LogP contribution in [0.2, 0.25) is 0 Å². The van der Waals surface area contributed by atoms with Gasteiger partial charge in [-0.05, 0) is 47.7 Å². The van der Waals surface area contributed by atoms with E-state index in [1.807, 2.05) is 24.3 Å². The van der Waals surface area contributed by atoms with Crippen LogP contribution in [-0.2, 0) is 16.0 Å². The van der Waals surface area contributed by atoms with Crippen molar-refractivity contribution in [3.63, 3.8) is 0 Å². The highest BCUT2D eigenvalue weighted by molar-refractivity contribution is 6.03. The number of ether oxygens (including phenoxy) is 1. The van der Waals surface area contributed by atoms with E-state index in [2.05, 4.69) is 34.9 Å². The topological polar surface area (TPSA) is 67.4 Å². The van der Waals surface area contributed by atoms with Crippen molar-refractivity contribution in [1.82, 2.24) is 5.32 Å². The van der Waals surface area contributed by atoms with Crippen LogP contribution in [0.4, 0.5) is 5.69 Å². The zero-order valence-corrected chi connectivity index (χ0v) is 16.9. The first-order valence-electron chi connectivity index (χ1n) is 10.5. The highest BCUT2D eigenvalue weighted by atomic mass is 16.5. The number of amides is 2. The number of anilines is 1. The Labute approximate surface area is 176 Å². The number of fused-ring (bicyclic) bond motifs is 1. The van der Waals surface area contributed by atoms with E-state index in [4.69, 9.17) is 4.74 Å². The van der Waals surface area contributed by atoms with Crippen molar-refractivity contribution in [2.75, 3.05) is 18.5 Å². The Morgan fingerprint density at radius 2 is 1.77 bits per heavy atom. The zero-order valence-electron chi connectivity index (χ0n) is 16.9. The fourth-order valence-corrected chi connectivity index (χ4v) is 3.87. The number of carbonyl (C=O) groups excluding carboxylic acids is 2. The van der Waals surface area contributed by atoms with E-state index in [0.717, 1.165) is 25.0 Å². The minimum atomic E-state index is -0.199. The van der Waals surface area contributed by atoms with Crippen LogP contribution in [0, 0.1) is 0 Å². The van der Waals surface area contributed by atoms with E-state index in [9.17, 15) is 9.59 Å². The summed E-state index contributed by atoms with van der Waals surface area (Å²) in [6.45, 7) is 1.24. The summed E-state index contributed by atoms with van der Waals surface area (Å²) in [5.41, 5.74) is 2.14. The number of carbonyl (C=O) groups is 2. The van der Waals surface area contributed by atoms with E-state index < -0.39 is 0 Å². The minimum Gasteiger partial charge on any atom is -0.376 e. The monoisotopic (exact) mass is 402 g/mol. The van der Waals surface area contributed by atoms with E-state index in [0.29, 0.717) is 30.6 Å². The van der Waals surface area contributed by atoms with Gasteiger partial charge in [-0.1, -0.05) is 54.6 Å². The average molecular weight is 402 g/mol. The Hall–Kier alpha value is -3.18. The fraction of sp³-hybridized carbons (Fsp3) is 0.280. The Morgan fingerprint density at radius 3 is 2.63 bits per heavy atom. The van der Waals surface area contributed by atoms with Gasteiger partial charge in [0, 0.05) is 19.6 Å². The molecule has 0 bridgehead atoms. The molecule has 1 aliphatic heterocycles. The van der Waals surface area contributed by atoms with Gasteiger partial charge in [-0.25, -0.2) is 0 Å². The lowest BCUT2D eigenvalue weighted by Gasteiger charge is -2.14. The molecule has 2 amide bonds. The smallest absolute Gasteiger partial charge is 0.253 e. The van der Waals surface area contributed by atoms with Crippen LogP contribution in [0.5, 0.6) is 0 Å². The van der Waals surface area contributed by atoms with Crippen LogP contribution < -0.4 is 10.6 Å². The third kappa shape index (κ3) is 4.86. The van der Waals surface area contributed by atoms with Crippen LogP contribution in [0.25, 0.3) is 10.8 Å². The molecule has 0 radical (unpaired) electrons.